The van der Waals surface area contributed by atoms with Crippen molar-refractivity contribution in [3.05, 3.63) is 41.5 Å². The third kappa shape index (κ3) is 8.35. The number of nitrogens with one attached hydrogen (secondary N) is 2. The molecule has 3 rings (SSSR count). The Labute approximate surface area is 189 Å². The minimum atomic E-state index is 0. The average molecular weight is 517 g/mol. The number of hydrogen-bond donors (Lipinski definition) is 2. The van der Waals surface area contributed by atoms with Crippen LogP contribution in [0, 0.1) is 13.8 Å². The number of hydrogen-bond acceptors (Lipinski definition) is 6. The molecule has 8 nitrogen and oxygen atoms in total. The molecule has 0 aliphatic carbocycles. The molecule has 3 heterocycles. The second-order valence-electron chi connectivity index (χ2n) is 6.90. The number of guanidine groups is 1. The third-order valence-electron chi connectivity index (χ3n) is 4.74. The van der Waals surface area contributed by atoms with Gasteiger partial charge in [-0.2, -0.15) is 0 Å². The fourth-order valence-electron chi connectivity index (χ4n) is 3.02. The number of aromatic nitrogens is 1. The van der Waals surface area contributed by atoms with Crippen LogP contribution >= 0.6 is 24.0 Å². The van der Waals surface area contributed by atoms with Gasteiger partial charge in [0.1, 0.15) is 18.1 Å². The fraction of sp³-hybridized carbons (Fsp3) is 0.600. The van der Waals surface area contributed by atoms with Gasteiger partial charge in [0.2, 0.25) is 5.89 Å². The summed E-state index contributed by atoms with van der Waals surface area (Å²) in [6, 6.07) is 3.88. The maximum absolute atomic E-state index is 5.63. The minimum Gasteiger partial charge on any atom is -0.469 e. The normalized spacial score (nSPS) is 15.2. The Morgan fingerprint density at radius 2 is 2.00 bits per heavy atom. The zero-order valence-electron chi connectivity index (χ0n) is 17.3. The lowest BCUT2D eigenvalue weighted by Gasteiger charge is -2.26. The van der Waals surface area contributed by atoms with Gasteiger partial charge in [0.05, 0.1) is 25.2 Å². The number of furan rings is 1. The Morgan fingerprint density at radius 3 is 2.69 bits per heavy atom. The summed E-state index contributed by atoms with van der Waals surface area (Å²) in [5.74, 6) is 3.20. The summed E-state index contributed by atoms with van der Waals surface area (Å²) in [7, 11) is 0. The second-order valence-corrected chi connectivity index (χ2v) is 6.90. The lowest BCUT2D eigenvalue weighted by molar-refractivity contribution is 0.0376. The first-order chi connectivity index (χ1) is 13.7. The summed E-state index contributed by atoms with van der Waals surface area (Å²) in [6.07, 6.45) is 3.55. The first-order valence-corrected chi connectivity index (χ1v) is 9.98. The molecule has 1 saturated heterocycles. The smallest absolute Gasteiger partial charge is 0.216 e. The van der Waals surface area contributed by atoms with E-state index in [0.717, 1.165) is 82.0 Å². The fourth-order valence-corrected chi connectivity index (χ4v) is 3.02. The van der Waals surface area contributed by atoms with Crippen molar-refractivity contribution < 1.29 is 13.6 Å². The molecule has 1 aliphatic heterocycles. The largest absolute Gasteiger partial charge is 0.469 e. The summed E-state index contributed by atoms with van der Waals surface area (Å²) in [5, 5.41) is 6.78. The predicted octanol–water partition coefficient (Wildman–Crippen LogP) is 2.50. The molecule has 9 heteroatoms. The molecule has 29 heavy (non-hydrogen) atoms. The first kappa shape index (κ1) is 23.7. The van der Waals surface area contributed by atoms with Gasteiger partial charge in [0.15, 0.2) is 5.96 Å². The van der Waals surface area contributed by atoms with E-state index >= 15 is 0 Å². The maximum atomic E-state index is 5.63. The van der Waals surface area contributed by atoms with Crippen molar-refractivity contribution >= 4 is 29.9 Å². The highest BCUT2D eigenvalue weighted by Gasteiger charge is 2.10. The number of nitrogens with zero attached hydrogens (tertiary/aromatic N) is 3. The van der Waals surface area contributed by atoms with Gasteiger partial charge < -0.3 is 24.2 Å². The van der Waals surface area contributed by atoms with Gasteiger partial charge in [-0.3, -0.25) is 4.90 Å². The van der Waals surface area contributed by atoms with Crippen LogP contribution < -0.4 is 10.6 Å². The zero-order valence-corrected chi connectivity index (χ0v) is 19.6. The quantitative estimate of drug-likeness (QED) is 0.229. The summed E-state index contributed by atoms with van der Waals surface area (Å²) < 4.78 is 16.4. The molecule has 0 unspecified atom stereocenters. The Kier molecular flexibility index (Phi) is 10.5. The highest BCUT2D eigenvalue weighted by Crippen LogP contribution is 2.09. The van der Waals surface area contributed by atoms with Crippen molar-refractivity contribution in [2.75, 3.05) is 45.9 Å². The molecule has 1 aliphatic rings. The summed E-state index contributed by atoms with van der Waals surface area (Å²) in [6.45, 7) is 10.6. The Hall–Kier alpha value is -1.59. The molecule has 1 fully saturated rings. The average Bonchev–Trinajstić information content (AvgIpc) is 3.33. The van der Waals surface area contributed by atoms with Gasteiger partial charge in [0.25, 0.3) is 0 Å². The summed E-state index contributed by atoms with van der Waals surface area (Å²) in [4.78, 5) is 11.5. The molecule has 2 aromatic heterocycles. The molecule has 0 spiro atoms. The molecule has 0 aromatic carbocycles. The second kappa shape index (κ2) is 12.9. The van der Waals surface area contributed by atoms with E-state index in [-0.39, 0.29) is 24.0 Å². The number of halogens is 1. The van der Waals surface area contributed by atoms with Crippen molar-refractivity contribution in [2.24, 2.45) is 4.99 Å². The van der Waals surface area contributed by atoms with Gasteiger partial charge in [0, 0.05) is 32.6 Å². The molecule has 0 amide bonds. The lowest BCUT2D eigenvalue weighted by Crippen LogP contribution is -2.41. The summed E-state index contributed by atoms with van der Waals surface area (Å²) in [5.41, 5.74) is 0.913. The molecular formula is C20H32IN5O3. The van der Waals surface area contributed by atoms with Gasteiger partial charge >= 0.3 is 0 Å². The highest BCUT2D eigenvalue weighted by atomic mass is 127. The number of ether oxygens (including phenoxy) is 1. The molecule has 162 valence electrons. The molecule has 2 aromatic rings. The SMILES string of the molecule is Cc1nc(CN=C(NCCCN2CCOCC2)NCCc2ccco2)oc1C.I. The Balaban J connectivity index is 0.00000300. The molecule has 0 bridgehead atoms. The number of morpholine rings is 1. The number of rotatable bonds is 9. The van der Waals surface area contributed by atoms with Crippen LogP contribution in [0.1, 0.15) is 29.5 Å². The monoisotopic (exact) mass is 517 g/mol. The molecule has 0 radical (unpaired) electrons. The van der Waals surface area contributed by atoms with E-state index in [2.05, 4.69) is 25.5 Å². The Bertz CT molecular complexity index is 707. The van der Waals surface area contributed by atoms with Gasteiger partial charge in [-0.25, -0.2) is 9.98 Å². The first-order valence-electron chi connectivity index (χ1n) is 9.98. The van der Waals surface area contributed by atoms with Gasteiger partial charge in [-0.05, 0) is 38.9 Å². The topological polar surface area (TPSA) is 88.1 Å². The van der Waals surface area contributed by atoms with E-state index in [4.69, 9.17) is 13.6 Å². The number of aryl methyl sites for hydroxylation is 2. The third-order valence-corrected chi connectivity index (χ3v) is 4.74. The van der Waals surface area contributed by atoms with Crippen molar-refractivity contribution in [2.45, 2.75) is 33.2 Å². The van der Waals surface area contributed by atoms with Crippen molar-refractivity contribution in [1.82, 2.24) is 20.5 Å². The Morgan fingerprint density at radius 1 is 1.21 bits per heavy atom. The molecule has 2 N–H and O–H groups in total. The maximum Gasteiger partial charge on any atom is 0.216 e. The van der Waals surface area contributed by atoms with Crippen LogP contribution in [0.15, 0.2) is 32.2 Å². The van der Waals surface area contributed by atoms with E-state index in [9.17, 15) is 0 Å². The number of oxazole rings is 1. The summed E-state index contributed by atoms with van der Waals surface area (Å²) >= 11 is 0. The van der Waals surface area contributed by atoms with Gasteiger partial charge in [-0.1, -0.05) is 0 Å². The van der Waals surface area contributed by atoms with Crippen LogP contribution in [0.3, 0.4) is 0 Å². The van der Waals surface area contributed by atoms with Crippen LogP contribution in [0.5, 0.6) is 0 Å². The van der Waals surface area contributed by atoms with Crippen LogP contribution in [-0.2, 0) is 17.7 Å². The van der Waals surface area contributed by atoms with E-state index in [1.807, 2.05) is 26.0 Å². The van der Waals surface area contributed by atoms with E-state index in [1.165, 1.54) is 0 Å². The molecular weight excluding hydrogens is 485 g/mol. The standard InChI is InChI=1S/C20H31N5O3.HI/c1-16-17(2)28-19(24-16)15-23-20(22-8-6-18-5-3-12-27-18)21-7-4-9-25-10-13-26-14-11-25;/h3,5,12H,4,6-11,13-15H2,1-2H3,(H2,21,22,23);1H. The predicted molar refractivity (Wildman–Crippen MR) is 123 cm³/mol. The van der Waals surface area contributed by atoms with Crippen molar-refractivity contribution in [1.29, 1.82) is 0 Å². The van der Waals surface area contributed by atoms with Crippen LogP contribution in [0.4, 0.5) is 0 Å². The molecule has 0 atom stereocenters. The lowest BCUT2D eigenvalue weighted by atomic mass is 10.3. The molecule has 0 saturated carbocycles. The van der Waals surface area contributed by atoms with Crippen LogP contribution in [-0.4, -0.2) is 61.8 Å². The van der Waals surface area contributed by atoms with Crippen molar-refractivity contribution in [3.63, 3.8) is 0 Å². The van der Waals surface area contributed by atoms with Crippen LogP contribution in [0.2, 0.25) is 0 Å². The number of aliphatic imine (C=N–C) groups is 1. The van der Waals surface area contributed by atoms with E-state index in [0.29, 0.717) is 12.4 Å². The zero-order chi connectivity index (χ0) is 19.6. The van der Waals surface area contributed by atoms with Crippen molar-refractivity contribution in [3.8, 4) is 0 Å². The van der Waals surface area contributed by atoms with E-state index in [1.54, 1.807) is 6.26 Å². The van der Waals surface area contributed by atoms with Gasteiger partial charge in [-0.15, -0.1) is 24.0 Å². The van der Waals surface area contributed by atoms with Crippen LogP contribution in [0.25, 0.3) is 0 Å². The van der Waals surface area contributed by atoms with E-state index < -0.39 is 0 Å². The highest BCUT2D eigenvalue weighted by molar-refractivity contribution is 14.0. The minimum absolute atomic E-state index is 0.